The first-order valence-corrected chi connectivity index (χ1v) is 7.46. The van der Waals surface area contributed by atoms with Crippen LogP contribution in [0, 0.1) is 0 Å². The summed E-state index contributed by atoms with van der Waals surface area (Å²) in [5, 5.41) is 3.42. The van der Waals surface area contributed by atoms with Crippen molar-refractivity contribution in [3.8, 4) is 0 Å². The molecule has 0 unspecified atom stereocenters. The van der Waals surface area contributed by atoms with Crippen LogP contribution in [0.3, 0.4) is 0 Å². The third-order valence-electron chi connectivity index (χ3n) is 2.69. The summed E-state index contributed by atoms with van der Waals surface area (Å²) in [5.41, 5.74) is 1.66. The summed E-state index contributed by atoms with van der Waals surface area (Å²) in [7, 11) is 0. The first kappa shape index (κ1) is 14.6. The standard InChI is InChI=1S/C15H25NS/c1-5-10-16-11-12-17-14-8-6-13(7-9-14)15(2,3)4/h6-9,16H,5,10-12H2,1-4H3. The molecule has 0 heterocycles. The fourth-order valence-electron chi connectivity index (χ4n) is 1.59. The molecule has 0 spiro atoms. The monoisotopic (exact) mass is 251 g/mol. The van der Waals surface area contributed by atoms with E-state index in [4.69, 9.17) is 0 Å². The predicted molar refractivity (Wildman–Crippen MR) is 79.0 cm³/mol. The van der Waals surface area contributed by atoms with Gasteiger partial charge in [-0.3, -0.25) is 0 Å². The van der Waals surface area contributed by atoms with Gasteiger partial charge in [-0.15, -0.1) is 11.8 Å². The second-order valence-electron chi connectivity index (χ2n) is 5.37. The first-order valence-electron chi connectivity index (χ1n) is 6.48. The molecular formula is C15H25NS. The molecule has 1 rings (SSSR count). The zero-order valence-electron chi connectivity index (χ0n) is 11.5. The van der Waals surface area contributed by atoms with Crippen molar-refractivity contribution in [1.29, 1.82) is 0 Å². The van der Waals surface area contributed by atoms with E-state index in [2.05, 4.69) is 57.3 Å². The van der Waals surface area contributed by atoms with Crippen molar-refractivity contribution in [2.45, 2.75) is 44.4 Å². The minimum Gasteiger partial charge on any atom is -0.316 e. The number of hydrogen-bond donors (Lipinski definition) is 1. The maximum atomic E-state index is 3.42. The van der Waals surface area contributed by atoms with Gasteiger partial charge in [0.25, 0.3) is 0 Å². The Morgan fingerprint density at radius 2 is 1.71 bits per heavy atom. The largest absolute Gasteiger partial charge is 0.316 e. The molecule has 2 heteroatoms. The average molecular weight is 251 g/mol. The lowest BCUT2D eigenvalue weighted by Gasteiger charge is -2.19. The molecule has 17 heavy (non-hydrogen) atoms. The van der Waals surface area contributed by atoms with Gasteiger partial charge in [0, 0.05) is 17.2 Å². The summed E-state index contributed by atoms with van der Waals surface area (Å²) in [5.74, 6) is 1.15. The summed E-state index contributed by atoms with van der Waals surface area (Å²) in [6, 6.07) is 8.99. The predicted octanol–water partition coefficient (Wildman–Crippen LogP) is 4.08. The fraction of sp³-hybridized carbons (Fsp3) is 0.600. The Kier molecular flexibility index (Phi) is 6.07. The van der Waals surface area contributed by atoms with E-state index in [9.17, 15) is 0 Å². The van der Waals surface area contributed by atoms with Crippen LogP contribution in [0.2, 0.25) is 0 Å². The lowest BCUT2D eigenvalue weighted by Crippen LogP contribution is -2.17. The highest BCUT2D eigenvalue weighted by Crippen LogP contribution is 2.25. The van der Waals surface area contributed by atoms with Crippen LogP contribution in [0.25, 0.3) is 0 Å². The number of nitrogens with one attached hydrogen (secondary N) is 1. The molecule has 0 aliphatic rings. The number of hydrogen-bond acceptors (Lipinski definition) is 2. The quantitative estimate of drug-likeness (QED) is 0.604. The molecule has 0 amide bonds. The summed E-state index contributed by atoms with van der Waals surface area (Å²) in [6.07, 6.45) is 1.21. The normalized spacial score (nSPS) is 11.8. The van der Waals surface area contributed by atoms with Crippen molar-refractivity contribution in [2.24, 2.45) is 0 Å². The van der Waals surface area contributed by atoms with Crippen LogP contribution >= 0.6 is 11.8 Å². The minimum absolute atomic E-state index is 0.256. The van der Waals surface area contributed by atoms with Crippen LogP contribution in [0.5, 0.6) is 0 Å². The number of benzene rings is 1. The van der Waals surface area contributed by atoms with Crippen LogP contribution in [0.1, 0.15) is 39.7 Å². The summed E-state index contributed by atoms with van der Waals surface area (Å²) < 4.78 is 0. The van der Waals surface area contributed by atoms with E-state index >= 15 is 0 Å². The molecule has 0 saturated carbocycles. The SMILES string of the molecule is CCCNCCSc1ccc(C(C)(C)C)cc1. The topological polar surface area (TPSA) is 12.0 Å². The van der Waals surface area contributed by atoms with Crippen molar-refractivity contribution >= 4 is 11.8 Å². The maximum absolute atomic E-state index is 3.42. The van der Waals surface area contributed by atoms with Crippen LogP contribution < -0.4 is 5.32 Å². The van der Waals surface area contributed by atoms with Gasteiger partial charge in [0.05, 0.1) is 0 Å². The van der Waals surface area contributed by atoms with E-state index < -0.39 is 0 Å². The second kappa shape index (κ2) is 7.07. The summed E-state index contributed by atoms with van der Waals surface area (Å²) in [6.45, 7) is 11.2. The molecule has 0 aliphatic heterocycles. The molecule has 0 aliphatic carbocycles. The Morgan fingerprint density at radius 3 is 2.24 bits per heavy atom. The summed E-state index contributed by atoms with van der Waals surface area (Å²) >= 11 is 1.93. The molecule has 1 N–H and O–H groups in total. The van der Waals surface area contributed by atoms with Gasteiger partial charge in [-0.05, 0) is 36.1 Å². The third-order valence-corrected chi connectivity index (χ3v) is 3.71. The zero-order chi connectivity index (χ0) is 12.7. The van der Waals surface area contributed by atoms with Crippen LogP contribution in [0.15, 0.2) is 29.2 Å². The van der Waals surface area contributed by atoms with Gasteiger partial charge in [0.2, 0.25) is 0 Å². The highest BCUT2D eigenvalue weighted by Gasteiger charge is 2.12. The Morgan fingerprint density at radius 1 is 1.06 bits per heavy atom. The highest BCUT2D eigenvalue weighted by molar-refractivity contribution is 7.99. The first-order chi connectivity index (χ1) is 8.04. The Labute approximate surface area is 110 Å². The van der Waals surface area contributed by atoms with Crippen LogP contribution in [0.4, 0.5) is 0 Å². The van der Waals surface area contributed by atoms with E-state index in [1.807, 2.05) is 11.8 Å². The Balaban J connectivity index is 2.36. The molecule has 96 valence electrons. The van der Waals surface area contributed by atoms with Gasteiger partial charge < -0.3 is 5.32 Å². The van der Waals surface area contributed by atoms with Gasteiger partial charge in [0.15, 0.2) is 0 Å². The van der Waals surface area contributed by atoms with Crippen molar-refractivity contribution < 1.29 is 0 Å². The third kappa shape index (κ3) is 5.60. The smallest absolute Gasteiger partial charge is 0.0106 e. The molecule has 0 fully saturated rings. The van der Waals surface area contributed by atoms with Crippen molar-refractivity contribution in [3.63, 3.8) is 0 Å². The molecule has 1 aromatic carbocycles. The maximum Gasteiger partial charge on any atom is 0.0106 e. The molecule has 1 aromatic rings. The van der Waals surface area contributed by atoms with E-state index in [0.29, 0.717) is 0 Å². The van der Waals surface area contributed by atoms with Crippen molar-refractivity contribution in [3.05, 3.63) is 29.8 Å². The molecule has 0 atom stereocenters. The average Bonchev–Trinajstić information content (AvgIpc) is 2.28. The molecular weight excluding hydrogens is 226 g/mol. The zero-order valence-corrected chi connectivity index (χ0v) is 12.4. The summed E-state index contributed by atoms with van der Waals surface area (Å²) in [4.78, 5) is 1.37. The van der Waals surface area contributed by atoms with E-state index in [-0.39, 0.29) is 5.41 Å². The molecule has 0 bridgehead atoms. The molecule has 1 nitrogen and oxygen atoms in total. The Bertz CT molecular complexity index is 311. The fourth-order valence-corrected chi connectivity index (χ4v) is 2.40. The van der Waals surface area contributed by atoms with Gasteiger partial charge in [0.1, 0.15) is 0 Å². The van der Waals surface area contributed by atoms with E-state index in [1.54, 1.807) is 0 Å². The molecule has 0 saturated heterocycles. The van der Waals surface area contributed by atoms with Crippen LogP contribution in [-0.2, 0) is 5.41 Å². The number of thioether (sulfide) groups is 1. The minimum atomic E-state index is 0.256. The van der Waals surface area contributed by atoms with Gasteiger partial charge in [-0.2, -0.15) is 0 Å². The van der Waals surface area contributed by atoms with E-state index in [1.165, 1.54) is 16.9 Å². The van der Waals surface area contributed by atoms with Gasteiger partial charge in [-0.1, -0.05) is 39.8 Å². The highest BCUT2D eigenvalue weighted by atomic mass is 32.2. The van der Waals surface area contributed by atoms with E-state index in [0.717, 1.165) is 18.8 Å². The lowest BCUT2D eigenvalue weighted by atomic mass is 9.87. The lowest BCUT2D eigenvalue weighted by molar-refractivity contribution is 0.590. The molecule has 0 radical (unpaired) electrons. The van der Waals surface area contributed by atoms with Crippen molar-refractivity contribution in [1.82, 2.24) is 5.32 Å². The van der Waals surface area contributed by atoms with Crippen molar-refractivity contribution in [2.75, 3.05) is 18.8 Å². The molecule has 0 aromatic heterocycles. The number of rotatable bonds is 6. The second-order valence-corrected chi connectivity index (χ2v) is 6.54. The Hall–Kier alpha value is -0.470. The van der Waals surface area contributed by atoms with Gasteiger partial charge >= 0.3 is 0 Å². The van der Waals surface area contributed by atoms with Gasteiger partial charge in [-0.25, -0.2) is 0 Å². The van der Waals surface area contributed by atoms with Crippen LogP contribution in [-0.4, -0.2) is 18.8 Å².